The van der Waals surface area contributed by atoms with E-state index in [4.69, 9.17) is 29.6 Å². The minimum Gasteiger partial charge on any atom is -0.389 e. The van der Waals surface area contributed by atoms with Gasteiger partial charge in [-0.05, 0) is 36.8 Å². The van der Waals surface area contributed by atoms with Crippen LogP contribution >= 0.6 is 35.2 Å². The van der Waals surface area contributed by atoms with Crippen LogP contribution in [0.3, 0.4) is 0 Å². The molecule has 3 rings (SSSR count). The quantitative estimate of drug-likeness (QED) is 0.686. The molecule has 0 fully saturated rings. The smallest absolute Gasteiger partial charge is 0.188 e. The molecule has 0 amide bonds. The zero-order valence-corrected chi connectivity index (χ0v) is 13.6. The minimum absolute atomic E-state index is 0.264. The molecule has 1 aromatic heterocycles. The second-order valence-corrected chi connectivity index (χ2v) is 6.52. The molecule has 0 aliphatic rings. The summed E-state index contributed by atoms with van der Waals surface area (Å²) in [5.74, 6) is 0. The number of aromatic nitrogens is 1. The molecular weight excluding hydrogens is 322 g/mol. The molecule has 0 saturated carbocycles. The Morgan fingerprint density at radius 3 is 2.90 bits per heavy atom. The molecule has 0 aliphatic heterocycles. The van der Waals surface area contributed by atoms with E-state index in [1.54, 1.807) is 17.4 Å². The summed E-state index contributed by atoms with van der Waals surface area (Å²) in [5.41, 5.74) is 9.34. The second kappa shape index (κ2) is 5.60. The predicted molar refractivity (Wildman–Crippen MR) is 95.0 cm³/mol. The Bertz CT molecular complexity index is 842. The molecule has 0 radical (unpaired) electrons. The fraction of sp³-hybridized carbons (Fsp3) is 0.0667. The number of thiocarbonyl (C=S) groups is 1. The molecule has 0 aliphatic carbocycles. The lowest BCUT2D eigenvalue weighted by Gasteiger charge is -2.10. The van der Waals surface area contributed by atoms with E-state index < -0.39 is 0 Å². The van der Waals surface area contributed by atoms with Crippen molar-refractivity contribution in [2.45, 2.75) is 6.92 Å². The van der Waals surface area contributed by atoms with Gasteiger partial charge >= 0.3 is 0 Å². The fourth-order valence-corrected chi connectivity index (χ4v) is 3.61. The number of hydrogen-bond acceptors (Lipinski definition) is 4. The molecule has 0 atom stereocenters. The number of halogens is 1. The summed E-state index contributed by atoms with van der Waals surface area (Å²) in [5, 5.41) is 4.58. The average Bonchev–Trinajstić information content (AvgIpc) is 2.79. The van der Waals surface area contributed by atoms with E-state index in [0.717, 1.165) is 21.0 Å². The van der Waals surface area contributed by atoms with Crippen molar-refractivity contribution in [3.63, 3.8) is 0 Å². The minimum atomic E-state index is 0.264. The van der Waals surface area contributed by atoms with Gasteiger partial charge in [0.05, 0.1) is 26.5 Å². The molecular formula is C15H12ClN3S2. The van der Waals surface area contributed by atoms with E-state index in [-0.39, 0.29) is 4.99 Å². The van der Waals surface area contributed by atoms with Crippen molar-refractivity contribution in [3.8, 4) is 0 Å². The van der Waals surface area contributed by atoms with Crippen molar-refractivity contribution in [2.24, 2.45) is 5.73 Å². The van der Waals surface area contributed by atoms with Crippen LogP contribution in [0.1, 0.15) is 11.1 Å². The number of nitrogens with two attached hydrogens (primary N) is 1. The SMILES string of the molecule is Cc1ccc2nc(Nc3cccc(Cl)c3C(N)=S)sc2c1. The average molecular weight is 334 g/mol. The van der Waals surface area contributed by atoms with Crippen molar-refractivity contribution >= 4 is 61.2 Å². The van der Waals surface area contributed by atoms with E-state index in [2.05, 4.69) is 23.3 Å². The molecule has 1 heterocycles. The van der Waals surface area contributed by atoms with Crippen molar-refractivity contribution in [3.05, 3.63) is 52.5 Å². The molecule has 2 aromatic carbocycles. The van der Waals surface area contributed by atoms with Gasteiger partial charge in [0, 0.05) is 0 Å². The normalized spacial score (nSPS) is 10.8. The number of fused-ring (bicyclic) bond motifs is 1. The summed E-state index contributed by atoms with van der Waals surface area (Å²) in [6.07, 6.45) is 0. The van der Waals surface area contributed by atoms with Crippen LogP contribution in [0.15, 0.2) is 36.4 Å². The maximum atomic E-state index is 6.17. The number of nitrogens with zero attached hydrogens (tertiary/aromatic N) is 1. The highest BCUT2D eigenvalue weighted by molar-refractivity contribution is 7.80. The van der Waals surface area contributed by atoms with Gasteiger partial charge in [0.15, 0.2) is 5.13 Å². The number of hydrogen-bond donors (Lipinski definition) is 2. The Morgan fingerprint density at radius 1 is 1.33 bits per heavy atom. The van der Waals surface area contributed by atoms with Crippen LogP contribution in [0.25, 0.3) is 10.2 Å². The molecule has 0 unspecified atom stereocenters. The summed E-state index contributed by atoms with van der Waals surface area (Å²) in [4.78, 5) is 4.82. The van der Waals surface area contributed by atoms with E-state index in [1.165, 1.54) is 5.56 Å². The predicted octanol–water partition coefficient (Wildman–Crippen LogP) is 4.64. The van der Waals surface area contributed by atoms with Gasteiger partial charge in [0.25, 0.3) is 0 Å². The summed E-state index contributed by atoms with van der Waals surface area (Å²) in [6, 6.07) is 11.7. The van der Waals surface area contributed by atoms with Gasteiger partial charge in [-0.2, -0.15) is 0 Å². The Morgan fingerprint density at radius 2 is 2.14 bits per heavy atom. The largest absolute Gasteiger partial charge is 0.389 e. The number of rotatable bonds is 3. The highest BCUT2D eigenvalue weighted by Gasteiger charge is 2.12. The van der Waals surface area contributed by atoms with Gasteiger partial charge in [0.1, 0.15) is 4.99 Å². The first-order chi connectivity index (χ1) is 10.0. The molecule has 3 N–H and O–H groups in total. The Balaban J connectivity index is 2.02. The van der Waals surface area contributed by atoms with E-state index in [0.29, 0.717) is 10.6 Å². The third-order valence-electron chi connectivity index (χ3n) is 3.05. The van der Waals surface area contributed by atoms with Crippen LogP contribution in [0, 0.1) is 6.92 Å². The maximum Gasteiger partial charge on any atom is 0.188 e. The van der Waals surface area contributed by atoms with E-state index >= 15 is 0 Å². The van der Waals surface area contributed by atoms with Gasteiger partial charge < -0.3 is 11.1 Å². The molecule has 0 saturated heterocycles. The molecule has 6 heteroatoms. The van der Waals surface area contributed by atoms with Crippen molar-refractivity contribution in [1.82, 2.24) is 4.98 Å². The Labute approximate surface area is 136 Å². The molecule has 3 aromatic rings. The van der Waals surface area contributed by atoms with E-state index in [1.807, 2.05) is 24.3 Å². The third kappa shape index (κ3) is 2.85. The first-order valence-electron chi connectivity index (χ1n) is 6.27. The van der Waals surface area contributed by atoms with Crippen LogP contribution < -0.4 is 11.1 Å². The second-order valence-electron chi connectivity index (χ2n) is 4.64. The van der Waals surface area contributed by atoms with Crippen LogP contribution in [-0.4, -0.2) is 9.97 Å². The number of thiazole rings is 1. The molecule has 0 bridgehead atoms. The molecule has 106 valence electrons. The van der Waals surface area contributed by atoms with Crippen molar-refractivity contribution < 1.29 is 0 Å². The monoisotopic (exact) mass is 333 g/mol. The van der Waals surface area contributed by atoms with E-state index in [9.17, 15) is 0 Å². The van der Waals surface area contributed by atoms with Crippen LogP contribution in [-0.2, 0) is 0 Å². The first-order valence-corrected chi connectivity index (χ1v) is 7.87. The highest BCUT2D eigenvalue weighted by Crippen LogP contribution is 2.32. The first kappa shape index (κ1) is 14.3. The van der Waals surface area contributed by atoms with Gasteiger partial charge in [-0.1, -0.05) is 47.3 Å². The molecule has 0 spiro atoms. The summed E-state index contributed by atoms with van der Waals surface area (Å²) < 4.78 is 1.14. The molecule has 21 heavy (non-hydrogen) atoms. The van der Waals surface area contributed by atoms with Crippen LogP contribution in [0.5, 0.6) is 0 Å². The summed E-state index contributed by atoms with van der Waals surface area (Å²) >= 11 is 12.8. The van der Waals surface area contributed by atoms with Gasteiger partial charge in [0.2, 0.25) is 0 Å². The summed E-state index contributed by atoms with van der Waals surface area (Å²) in [6.45, 7) is 2.06. The fourth-order valence-electron chi connectivity index (χ4n) is 2.08. The molecule has 3 nitrogen and oxygen atoms in total. The Kier molecular flexibility index (Phi) is 3.80. The van der Waals surface area contributed by atoms with Crippen LogP contribution in [0.2, 0.25) is 5.02 Å². The van der Waals surface area contributed by atoms with Gasteiger partial charge in [-0.15, -0.1) is 0 Å². The standard InChI is InChI=1S/C15H12ClN3S2/c1-8-5-6-10-12(7-8)21-15(18-10)19-11-4-2-3-9(16)13(11)14(17)20/h2-7H,1H3,(H2,17,20)(H,18,19). The zero-order chi connectivity index (χ0) is 15.0. The number of benzene rings is 2. The number of aryl methyl sites for hydroxylation is 1. The van der Waals surface area contributed by atoms with Gasteiger partial charge in [-0.3, -0.25) is 0 Å². The summed E-state index contributed by atoms with van der Waals surface area (Å²) in [7, 11) is 0. The topological polar surface area (TPSA) is 50.9 Å². The number of nitrogens with one attached hydrogen (secondary N) is 1. The van der Waals surface area contributed by atoms with Crippen LogP contribution in [0.4, 0.5) is 10.8 Å². The lowest BCUT2D eigenvalue weighted by Crippen LogP contribution is -2.12. The zero-order valence-electron chi connectivity index (χ0n) is 11.2. The third-order valence-corrected chi connectivity index (χ3v) is 4.50. The maximum absolute atomic E-state index is 6.17. The Hall–Kier alpha value is -1.69. The van der Waals surface area contributed by atoms with Gasteiger partial charge in [-0.25, -0.2) is 4.98 Å². The van der Waals surface area contributed by atoms with Crippen molar-refractivity contribution in [1.29, 1.82) is 0 Å². The number of anilines is 2. The van der Waals surface area contributed by atoms with Crippen molar-refractivity contribution in [2.75, 3.05) is 5.32 Å². The lowest BCUT2D eigenvalue weighted by atomic mass is 10.2. The lowest BCUT2D eigenvalue weighted by molar-refractivity contribution is 1.42. The highest BCUT2D eigenvalue weighted by atomic mass is 35.5.